The van der Waals surface area contributed by atoms with E-state index in [1.807, 2.05) is 14.1 Å². The smallest absolute Gasteiger partial charge is 0.282 e. The predicted molar refractivity (Wildman–Crippen MR) is 50.6 cm³/mol. The molecule has 0 bridgehead atoms. The van der Waals surface area contributed by atoms with Crippen LogP contribution in [0.4, 0.5) is 4.79 Å². The molecule has 0 aliphatic carbocycles. The first-order chi connectivity index (χ1) is 4.54. The van der Waals surface area contributed by atoms with Gasteiger partial charge in [-0.15, -0.1) is 0 Å². The summed E-state index contributed by atoms with van der Waals surface area (Å²) in [6.45, 7) is 1.72. The molecule has 0 aliphatic rings. The van der Waals surface area contributed by atoms with Crippen LogP contribution >= 0.6 is 22.6 Å². The van der Waals surface area contributed by atoms with Gasteiger partial charge in [0.25, 0.3) is 3.91 Å². The molecule has 0 radical (unpaired) electrons. The van der Waals surface area contributed by atoms with E-state index < -0.39 is 0 Å². The first-order valence-corrected chi connectivity index (χ1v) is 4.17. The van der Waals surface area contributed by atoms with Gasteiger partial charge in [0.1, 0.15) is 0 Å². The Morgan fingerprint density at radius 1 is 1.30 bits per heavy atom. The summed E-state index contributed by atoms with van der Waals surface area (Å²) < 4.78 is 0.0967. The molecule has 0 saturated carbocycles. The number of carbonyl (C=O) groups excluding carboxylic acids is 1. The van der Waals surface area contributed by atoms with E-state index in [0.29, 0.717) is 0 Å². The Morgan fingerprint density at radius 2 is 1.80 bits per heavy atom. The van der Waals surface area contributed by atoms with Crippen molar-refractivity contribution >= 4 is 26.5 Å². The van der Waals surface area contributed by atoms with Gasteiger partial charge in [0.15, 0.2) is 0 Å². The summed E-state index contributed by atoms with van der Waals surface area (Å²) in [5.41, 5.74) is 0. The molecule has 1 amide bonds. The Bertz CT molecular complexity index is 116. The minimum atomic E-state index is 0.0967. The van der Waals surface area contributed by atoms with Crippen molar-refractivity contribution in [3.63, 3.8) is 0 Å². The van der Waals surface area contributed by atoms with Crippen LogP contribution < -0.4 is 0 Å². The van der Waals surface area contributed by atoms with Crippen LogP contribution in [0.1, 0.15) is 0 Å². The molecule has 60 valence electrons. The van der Waals surface area contributed by atoms with Gasteiger partial charge in [-0.25, -0.2) is 0 Å². The Labute approximate surface area is 75.5 Å². The van der Waals surface area contributed by atoms with Crippen molar-refractivity contribution in [2.75, 3.05) is 34.2 Å². The third-order valence-corrected chi connectivity index (χ3v) is 2.01. The molecule has 3 nitrogen and oxygen atoms in total. The topological polar surface area (TPSA) is 23.6 Å². The van der Waals surface area contributed by atoms with Crippen molar-refractivity contribution in [1.29, 1.82) is 0 Å². The molecule has 0 rings (SSSR count). The summed E-state index contributed by atoms with van der Waals surface area (Å²) in [7, 11) is 5.79. The maximum Gasteiger partial charge on any atom is 0.282 e. The third kappa shape index (κ3) is 4.99. The van der Waals surface area contributed by atoms with Crippen molar-refractivity contribution in [1.82, 2.24) is 9.80 Å². The van der Waals surface area contributed by atoms with Gasteiger partial charge in [-0.3, -0.25) is 4.79 Å². The Morgan fingerprint density at radius 3 is 2.10 bits per heavy atom. The monoisotopic (exact) mass is 256 g/mol. The molecule has 0 aromatic rings. The largest absolute Gasteiger partial charge is 0.336 e. The molecule has 0 aliphatic heterocycles. The summed E-state index contributed by atoms with van der Waals surface area (Å²) >= 11 is 1.78. The van der Waals surface area contributed by atoms with E-state index in [9.17, 15) is 4.79 Å². The molecular weight excluding hydrogens is 243 g/mol. The summed E-state index contributed by atoms with van der Waals surface area (Å²) in [5, 5.41) is 0. The maximum absolute atomic E-state index is 10.7. The molecule has 0 aromatic carbocycles. The van der Waals surface area contributed by atoms with E-state index >= 15 is 0 Å². The highest BCUT2D eigenvalue weighted by Crippen LogP contribution is 1.94. The van der Waals surface area contributed by atoms with Crippen molar-refractivity contribution in [3.8, 4) is 0 Å². The van der Waals surface area contributed by atoms with E-state index in [-0.39, 0.29) is 3.91 Å². The Kier molecular flexibility index (Phi) is 4.98. The van der Waals surface area contributed by atoms with Gasteiger partial charge in [-0.05, 0) is 14.1 Å². The lowest BCUT2D eigenvalue weighted by Gasteiger charge is -2.16. The number of rotatable bonds is 3. The number of amides is 1. The van der Waals surface area contributed by atoms with Crippen molar-refractivity contribution in [2.24, 2.45) is 0 Å². The standard InChI is InChI=1S/C6H13IN2O/c1-8(2)4-5-9(3)6(7)10/h4-5H2,1-3H3. The van der Waals surface area contributed by atoms with E-state index in [4.69, 9.17) is 0 Å². The fourth-order valence-electron chi connectivity index (χ4n) is 0.438. The fourth-order valence-corrected chi connectivity index (χ4v) is 0.679. The van der Waals surface area contributed by atoms with Crippen molar-refractivity contribution < 1.29 is 4.79 Å². The van der Waals surface area contributed by atoms with Gasteiger partial charge in [0.05, 0.1) is 0 Å². The number of halogens is 1. The van der Waals surface area contributed by atoms with Crippen molar-refractivity contribution in [3.05, 3.63) is 0 Å². The molecule has 0 fully saturated rings. The molecule has 0 unspecified atom stereocenters. The normalized spacial score (nSPS) is 10.1. The number of likely N-dealkylation sites (N-methyl/N-ethyl adjacent to an activating group) is 2. The van der Waals surface area contributed by atoms with Crippen LogP contribution in [0.25, 0.3) is 0 Å². The van der Waals surface area contributed by atoms with Crippen LogP contribution in [0.5, 0.6) is 0 Å². The second kappa shape index (κ2) is 4.90. The highest BCUT2D eigenvalue weighted by atomic mass is 127. The average Bonchev–Trinajstić information content (AvgIpc) is 1.82. The summed E-state index contributed by atoms with van der Waals surface area (Å²) in [6.07, 6.45) is 0. The van der Waals surface area contributed by atoms with Crippen LogP contribution in [0.2, 0.25) is 0 Å². The van der Waals surface area contributed by atoms with Gasteiger partial charge in [-0.1, -0.05) is 0 Å². The zero-order valence-corrected chi connectivity index (χ0v) is 8.75. The van der Waals surface area contributed by atoms with E-state index in [1.165, 1.54) is 0 Å². The number of hydrogen-bond donors (Lipinski definition) is 0. The second-order valence-electron chi connectivity index (χ2n) is 2.48. The minimum absolute atomic E-state index is 0.0967. The first kappa shape index (κ1) is 10.2. The molecule has 0 spiro atoms. The summed E-state index contributed by atoms with van der Waals surface area (Å²) in [4.78, 5) is 14.4. The predicted octanol–water partition coefficient (Wildman–Crippen LogP) is 1.03. The molecule has 0 heterocycles. The maximum atomic E-state index is 10.7. The van der Waals surface area contributed by atoms with Gasteiger partial charge in [0.2, 0.25) is 0 Å². The van der Waals surface area contributed by atoms with Crippen LogP contribution in [0.3, 0.4) is 0 Å². The van der Waals surface area contributed by atoms with Gasteiger partial charge in [0, 0.05) is 42.7 Å². The molecule has 4 heteroatoms. The summed E-state index contributed by atoms with van der Waals surface area (Å²) in [6, 6.07) is 0. The van der Waals surface area contributed by atoms with Crippen LogP contribution in [0, 0.1) is 0 Å². The average molecular weight is 256 g/mol. The highest BCUT2D eigenvalue weighted by molar-refractivity contribution is 14.1. The van der Waals surface area contributed by atoms with E-state index in [0.717, 1.165) is 13.1 Å². The zero-order valence-electron chi connectivity index (χ0n) is 6.59. The van der Waals surface area contributed by atoms with E-state index in [1.54, 1.807) is 34.5 Å². The highest BCUT2D eigenvalue weighted by Gasteiger charge is 2.02. The van der Waals surface area contributed by atoms with Crippen LogP contribution in [-0.2, 0) is 0 Å². The lowest BCUT2D eigenvalue weighted by Crippen LogP contribution is -2.29. The molecule has 10 heavy (non-hydrogen) atoms. The Balaban J connectivity index is 3.40. The van der Waals surface area contributed by atoms with Crippen molar-refractivity contribution in [2.45, 2.75) is 0 Å². The van der Waals surface area contributed by atoms with Crippen LogP contribution in [0.15, 0.2) is 0 Å². The van der Waals surface area contributed by atoms with Crippen LogP contribution in [-0.4, -0.2) is 47.9 Å². The van der Waals surface area contributed by atoms with Gasteiger partial charge in [-0.2, -0.15) is 0 Å². The molecule has 0 N–H and O–H groups in total. The van der Waals surface area contributed by atoms with Gasteiger partial charge >= 0.3 is 0 Å². The number of carbonyl (C=O) groups is 1. The third-order valence-electron chi connectivity index (χ3n) is 1.18. The quantitative estimate of drug-likeness (QED) is 0.428. The first-order valence-electron chi connectivity index (χ1n) is 3.09. The Hall–Kier alpha value is 0.160. The lowest BCUT2D eigenvalue weighted by atomic mass is 10.5. The van der Waals surface area contributed by atoms with Gasteiger partial charge < -0.3 is 9.80 Å². The van der Waals surface area contributed by atoms with E-state index in [2.05, 4.69) is 4.90 Å². The lowest BCUT2D eigenvalue weighted by molar-refractivity contribution is 0.231. The zero-order chi connectivity index (χ0) is 8.15. The molecule has 0 aromatic heterocycles. The second-order valence-corrected chi connectivity index (χ2v) is 3.40. The molecule has 0 atom stereocenters. The SMILES string of the molecule is CN(C)CCN(C)C(=O)I. The fraction of sp³-hybridized carbons (Fsp3) is 0.833. The molecular formula is C6H13IN2O. The number of nitrogens with zero attached hydrogens (tertiary/aromatic N) is 2. The summed E-state index contributed by atoms with van der Waals surface area (Å²) in [5.74, 6) is 0. The minimum Gasteiger partial charge on any atom is -0.336 e. The number of hydrogen-bond acceptors (Lipinski definition) is 2. The molecule has 0 saturated heterocycles.